The summed E-state index contributed by atoms with van der Waals surface area (Å²) in [5, 5.41) is 4.26. The smallest absolute Gasteiger partial charge is 0.193 e. The molecule has 0 unspecified atom stereocenters. The van der Waals surface area contributed by atoms with Crippen LogP contribution in [-0.2, 0) is 0 Å². The van der Waals surface area contributed by atoms with Gasteiger partial charge in [-0.25, -0.2) is 0 Å². The lowest BCUT2D eigenvalue weighted by atomic mass is 10.2. The van der Waals surface area contributed by atoms with Crippen molar-refractivity contribution in [2.24, 2.45) is 10.9 Å². The fourth-order valence-electron chi connectivity index (χ4n) is 2.50. The van der Waals surface area contributed by atoms with E-state index in [1.807, 2.05) is 25.2 Å². The number of hydrogen-bond donors (Lipinski definition) is 1. The van der Waals surface area contributed by atoms with Gasteiger partial charge in [0.15, 0.2) is 5.96 Å². The van der Waals surface area contributed by atoms with Crippen LogP contribution in [0.4, 0.5) is 5.69 Å². The highest BCUT2D eigenvalue weighted by Gasteiger charge is 2.20. The maximum absolute atomic E-state index is 6.28. The van der Waals surface area contributed by atoms with Gasteiger partial charge < -0.3 is 15.1 Å². The van der Waals surface area contributed by atoms with E-state index in [9.17, 15) is 0 Å². The van der Waals surface area contributed by atoms with E-state index < -0.39 is 0 Å². The Morgan fingerprint density at radius 1 is 1.23 bits per heavy atom. The molecule has 6 heteroatoms. The molecular formula is C16H26ClIN4. The van der Waals surface area contributed by atoms with Crippen molar-refractivity contribution in [2.45, 2.75) is 13.8 Å². The molecule has 1 aromatic carbocycles. The summed E-state index contributed by atoms with van der Waals surface area (Å²) in [7, 11) is 1.85. The van der Waals surface area contributed by atoms with Crippen molar-refractivity contribution in [3.63, 3.8) is 0 Å². The predicted molar refractivity (Wildman–Crippen MR) is 107 cm³/mol. The molecule has 124 valence electrons. The molecule has 0 atom stereocenters. The van der Waals surface area contributed by atoms with E-state index in [1.165, 1.54) is 0 Å². The molecule has 0 aliphatic carbocycles. The Kier molecular flexibility index (Phi) is 8.31. The van der Waals surface area contributed by atoms with Crippen LogP contribution in [0.1, 0.15) is 13.8 Å². The molecule has 0 bridgehead atoms. The number of rotatable bonds is 3. The van der Waals surface area contributed by atoms with Crippen LogP contribution in [-0.4, -0.2) is 50.6 Å². The summed E-state index contributed by atoms with van der Waals surface area (Å²) >= 11 is 6.28. The minimum absolute atomic E-state index is 0. The van der Waals surface area contributed by atoms with Crippen LogP contribution in [0.15, 0.2) is 29.3 Å². The average Bonchev–Trinajstić information content (AvgIpc) is 2.49. The number of benzene rings is 1. The summed E-state index contributed by atoms with van der Waals surface area (Å²) in [5.41, 5.74) is 1.13. The number of nitrogens with zero attached hydrogens (tertiary/aromatic N) is 3. The summed E-state index contributed by atoms with van der Waals surface area (Å²) in [6.07, 6.45) is 0. The summed E-state index contributed by atoms with van der Waals surface area (Å²) in [5.74, 6) is 1.62. The minimum atomic E-state index is 0. The molecule has 2 rings (SSSR count). The molecule has 0 saturated carbocycles. The zero-order valence-electron chi connectivity index (χ0n) is 13.6. The Bertz CT molecular complexity index is 485. The number of hydrogen-bond acceptors (Lipinski definition) is 2. The van der Waals surface area contributed by atoms with Gasteiger partial charge in [0.1, 0.15) is 0 Å². The van der Waals surface area contributed by atoms with Crippen molar-refractivity contribution in [3.8, 4) is 0 Å². The minimum Gasteiger partial charge on any atom is -0.367 e. The van der Waals surface area contributed by atoms with Gasteiger partial charge >= 0.3 is 0 Å². The number of halogens is 2. The van der Waals surface area contributed by atoms with Crippen molar-refractivity contribution >= 4 is 47.2 Å². The zero-order valence-corrected chi connectivity index (χ0v) is 16.6. The van der Waals surface area contributed by atoms with Crippen LogP contribution in [0, 0.1) is 5.92 Å². The van der Waals surface area contributed by atoms with Gasteiger partial charge in [-0.3, -0.25) is 4.99 Å². The molecule has 1 saturated heterocycles. The van der Waals surface area contributed by atoms with Crippen LogP contribution in [0.2, 0.25) is 5.02 Å². The molecule has 0 amide bonds. The van der Waals surface area contributed by atoms with E-state index in [0.29, 0.717) is 5.92 Å². The average molecular weight is 437 g/mol. The third kappa shape index (κ3) is 5.19. The lowest BCUT2D eigenvalue weighted by Crippen LogP contribution is -2.53. The first-order valence-corrected chi connectivity index (χ1v) is 7.94. The fraction of sp³-hybridized carbons (Fsp3) is 0.562. The topological polar surface area (TPSA) is 30.9 Å². The van der Waals surface area contributed by atoms with Gasteiger partial charge in [0.2, 0.25) is 0 Å². The van der Waals surface area contributed by atoms with Crippen molar-refractivity contribution in [2.75, 3.05) is 44.7 Å². The number of aliphatic imine (C=N–C) groups is 1. The molecule has 1 fully saturated rings. The maximum atomic E-state index is 6.28. The monoisotopic (exact) mass is 436 g/mol. The number of para-hydroxylation sites is 1. The van der Waals surface area contributed by atoms with Crippen molar-refractivity contribution in [1.29, 1.82) is 0 Å². The summed E-state index contributed by atoms with van der Waals surface area (Å²) in [4.78, 5) is 9.04. The maximum Gasteiger partial charge on any atom is 0.193 e. The number of anilines is 1. The standard InChI is InChI=1S/C16H25ClN4.HI/c1-13(2)12-19-16(18-3)21-10-8-20(9-11-21)15-7-5-4-6-14(15)17;/h4-7,13H,8-12H2,1-3H3,(H,18,19);1H. The quantitative estimate of drug-likeness (QED) is 0.448. The molecule has 0 aromatic heterocycles. The van der Waals surface area contributed by atoms with Crippen LogP contribution in [0.25, 0.3) is 0 Å². The molecule has 4 nitrogen and oxygen atoms in total. The Labute approximate surface area is 155 Å². The molecule has 1 heterocycles. The van der Waals surface area contributed by atoms with Gasteiger partial charge in [-0.05, 0) is 18.1 Å². The van der Waals surface area contributed by atoms with E-state index in [-0.39, 0.29) is 24.0 Å². The lowest BCUT2D eigenvalue weighted by Gasteiger charge is -2.38. The molecule has 1 N–H and O–H groups in total. The Morgan fingerprint density at radius 3 is 2.41 bits per heavy atom. The second-order valence-electron chi connectivity index (χ2n) is 5.75. The van der Waals surface area contributed by atoms with E-state index in [4.69, 9.17) is 11.6 Å². The summed E-state index contributed by atoms with van der Waals surface area (Å²) in [6.45, 7) is 9.22. The third-order valence-electron chi connectivity index (χ3n) is 3.65. The summed E-state index contributed by atoms with van der Waals surface area (Å²) in [6, 6.07) is 8.05. The first kappa shape index (κ1) is 19.4. The lowest BCUT2D eigenvalue weighted by molar-refractivity contribution is 0.370. The van der Waals surface area contributed by atoms with Gasteiger partial charge in [-0.15, -0.1) is 24.0 Å². The molecule has 22 heavy (non-hydrogen) atoms. The van der Waals surface area contributed by atoms with E-state index >= 15 is 0 Å². The Hall–Kier alpha value is -0.690. The van der Waals surface area contributed by atoms with E-state index in [0.717, 1.165) is 49.4 Å². The van der Waals surface area contributed by atoms with E-state index in [2.05, 4.69) is 40.0 Å². The van der Waals surface area contributed by atoms with Crippen molar-refractivity contribution in [1.82, 2.24) is 10.2 Å². The van der Waals surface area contributed by atoms with Crippen molar-refractivity contribution in [3.05, 3.63) is 29.3 Å². The molecule has 0 spiro atoms. The van der Waals surface area contributed by atoms with Gasteiger partial charge in [-0.1, -0.05) is 37.6 Å². The fourth-order valence-corrected chi connectivity index (χ4v) is 2.75. The second-order valence-corrected chi connectivity index (χ2v) is 6.15. The highest BCUT2D eigenvalue weighted by atomic mass is 127. The van der Waals surface area contributed by atoms with Crippen LogP contribution >= 0.6 is 35.6 Å². The second kappa shape index (κ2) is 9.45. The molecular weight excluding hydrogens is 411 g/mol. The normalized spacial score (nSPS) is 15.8. The highest BCUT2D eigenvalue weighted by molar-refractivity contribution is 14.0. The van der Waals surface area contributed by atoms with Crippen LogP contribution in [0.3, 0.4) is 0 Å². The number of guanidine groups is 1. The molecule has 0 radical (unpaired) electrons. The van der Waals surface area contributed by atoms with Gasteiger partial charge in [0, 0.05) is 39.8 Å². The van der Waals surface area contributed by atoms with Crippen molar-refractivity contribution < 1.29 is 0 Å². The Morgan fingerprint density at radius 2 is 1.86 bits per heavy atom. The highest BCUT2D eigenvalue weighted by Crippen LogP contribution is 2.25. The van der Waals surface area contributed by atoms with Crippen LogP contribution < -0.4 is 10.2 Å². The predicted octanol–water partition coefficient (Wildman–Crippen LogP) is 3.31. The molecule has 1 aliphatic rings. The first-order chi connectivity index (χ1) is 10.1. The largest absolute Gasteiger partial charge is 0.367 e. The van der Waals surface area contributed by atoms with Gasteiger partial charge in [-0.2, -0.15) is 0 Å². The molecule has 1 aliphatic heterocycles. The SMILES string of the molecule is CN=C(NCC(C)C)N1CCN(c2ccccc2Cl)CC1.I. The Balaban J connectivity index is 0.00000242. The van der Waals surface area contributed by atoms with Crippen LogP contribution in [0.5, 0.6) is 0 Å². The zero-order chi connectivity index (χ0) is 15.2. The van der Waals surface area contributed by atoms with Gasteiger partial charge in [0.05, 0.1) is 10.7 Å². The third-order valence-corrected chi connectivity index (χ3v) is 3.97. The number of nitrogens with one attached hydrogen (secondary N) is 1. The number of piperazine rings is 1. The summed E-state index contributed by atoms with van der Waals surface area (Å²) < 4.78 is 0. The van der Waals surface area contributed by atoms with E-state index in [1.54, 1.807) is 0 Å². The molecule has 1 aromatic rings. The van der Waals surface area contributed by atoms with Gasteiger partial charge in [0.25, 0.3) is 0 Å². The first-order valence-electron chi connectivity index (χ1n) is 7.57.